The zero-order valence-corrected chi connectivity index (χ0v) is 11.9. The number of hydrogen-bond acceptors (Lipinski definition) is 5. The number of nitrogens with zero attached hydrogens (tertiary/aromatic N) is 2. The summed E-state index contributed by atoms with van der Waals surface area (Å²) in [6, 6.07) is 4.93. The molecule has 0 saturated heterocycles. The molecule has 0 unspecified atom stereocenters. The highest BCUT2D eigenvalue weighted by Gasteiger charge is 2.23. The number of nitrogens with one attached hydrogen (secondary N) is 2. The van der Waals surface area contributed by atoms with Gasteiger partial charge in [0.1, 0.15) is 5.84 Å². The van der Waals surface area contributed by atoms with Crippen molar-refractivity contribution in [2.24, 2.45) is 10.1 Å². The molecule has 108 valence electrons. The van der Waals surface area contributed by atoms with Gasteiger partial charge >= 0.3 is 10.2 Å². The van der Waals surface area contributed by atoms with E-state index in [1.54, 1.807) is 32.3 Å². The van der Waals surface area contributed by atoms with E-state index < -0.39 is 10.2 Å². The lowest BCUT2D eigenvalue weighted by molar-refractivity contribution is -0.126. The summed E-state index contributed by atoms with van der Waals surface area (Å²) in [6.07, 6.45) is 0. The number of rotatable bonds is 3. The van der Waals surface area contributed by atoms with Crippen molar-refractivity contribution in [1.82, 2.24) is 4.90 Å². The van der Waals surface area contributed by atoms with Gasteiger partial charge in [0.05, 0.1) is 17.8 Å². The first-order chi connectivity index (χ1) is 9.30. The van der Waals surface area contributed by atoms with Crippen molar-refractivity contribution in [2.45, 2.75) is 0 Å². The van der Waals surface area contributed by atoms with Gasteiger partial charge < -0.3 is 16.0 Å². The largest absolute Gasteiger partial charge is 0.382 e. The van der Waals surface area contributed by atoms with Gasteiger partial charge in [0, 0.05) is 19.8 Å². The lowest BCUT2D eigenvalue weighted by Crippen LogP contribution is -2.31. The average Bonchev–Trinajstić information content (AvgIpc) is 2.33. The fourth-order valence-electron chi connectivity index (χ4n) is 1.73. The van der Waals surface area contributed by atoms with Gasteiger partial charge in [0.2, 0.25) is 5.91 Å². The van der Waals surface area contributed by atoms with Crippen LogP contribution in [-0.4, -0.2) is 45.7 Å². The minimum Gasteiger partial charge on any atom is -0.382 e. The maximum Gasteiger partial charge on any atom is 0.344 e. The Labute approximate surface area is 116 Å². The second kappa shape index (κ2) is 5.00. The van der Waals surface area contributed by atoms with Gasteiger partial charge in [-0.15, -0.1) is 4.40 Å². The van der Waals surface area contributed by atoms with Crippen LogP contribution in [0.5, 0.6) is 0 Å². The minimum atomic E-state index is -3.80. The van der Waals surface area contributed by atoms with Crippen molar-refractivity contribution in [2.75, 3.05) is 30.7 Å². The van der Waals surface area contributed by atoms with Crippen molar-refractivity contribution in [3.05, 3.63) is 23.8 Å². The molecular formula is C11H15N5O3S. The summed E-state index contributed by atoms with van der Waals surface area (Å²) in [5.74, 6) is -0.228. The molecule has 0 aromatic heterocycles. The summed E-state index contributed by atoms with van der Waals surface area (Å²) in [5, 5.41) is 2.92. The van der Waals surface area contributed by atoms with Gasteiger partial charge in [-0.3, -0.25) is 9.52 Å². The molecule has 0 spiro atoms. The van der Waals surface area contributed by atoms with E-state index >= 15 is 0 Å². The zero-order chi connectivity index (χ0) is 14.9. The number of amidine groups is 1. The first-order valence-corrected chi connectivity index (χ1v) is 7.20. The molecule has 2 rings (SSSR count). The summed E-state index contributed by atoms with van der Waals surface area (Å²) in [4.78, 5) is 13.0. The zero-order valence-electron chi connectivity index (χ0n) is 11.0. The number of benzene rings is 1. The van der Waals surface area contributed by atoms with Crippen molar-refractivity contribution in [1.29, 1.82) is 0 Å². The third-order valence-electron chi connectivity index (χ3n) is 2.71. The molecule has 0 aliphatic carbocycles. The smallest absolute Gasteiger partial charge is 0.344 e. The van der Waals surface area contributed by atoms with Crippen LogP contribution in [0.1, 0.15) is 5.56 Å². The molecule has 1 aromatic carbocycles. The SMILES string of the molecule is CN(C)C(=O)CNc1cccc2c1C(N)=NS(=O)(=O)N2. The Kier molecular flexibility index (Phi) is 3.53. The highest BCUT2D eigenvalue weighted by molar-refractivity contribution is 7.91. The van der Waals surface area contributed by atoms with Crippen LogP contribution >= 0.6 is 0 Å². The minimum absolute atomic E-state index is 0.0729. The van der Waals surface area contributed by atoms with E-state index in [2.05, 4.69) is 14.4 Å². The molecule has 1 amide bonds. The van der Waals surface area contributed by atoms with Crippen LogP contribution in [0.2, 0.25) is 0 Å². The number of amides is 1. The van der Waals surface area contributed by atoms with E-state index in [0.29, 0.717) is 16.9 Å². The van der Waals surface area contributed by atoms with E-state index in [4.69, 9.17) is 5.73 Å². The summed E-state index contributed by atoms with van der Waals surface area (Å²) in [7, 11) is -0.502. The Morgan fingerprint density at radius 2 is 2.15 bits per heavy atom. The van der Waals surface area contributed by atoms with Crippen LogP contribution in [0.15, 0.2) is 22.6 Å². The molecule has 0 saturated carbocycles. The van der Waals surface area contributed by atoms with Crippen LogP contribution < -0.4 is 15.8 Å². The van der Waals surface area contributed by atoms with Crippen molar-refractivity contribution in [3.63, 3.8) is 0 Å². The maximum absolute atomic E-state index is 11.6. The number of carbonyl (C=O) groups is 1. The van der Waals surface area contributed by atoms with Gasteiger partial charge in [-0.05, 0) is 12.1 Å². The van der Waals surface area contributed by atoms with Crippen molar-refractivity contribution in [3.8, 4) is 0 Å². The number of likely N-dealkylation sites (N-methyl/N-ethyl adjacent to an activating group) is 1. The summed E-state index contributed by atoms with van der Waals surface area (Å²) < 4.78 is 28.5. The lowest BCUT2D eigenvalue weighted by Gasteiger charge is -2.20. The molecule has 1 heterocycles. The molecular weight excluding hydrogens is 282 g/mol. The van der Waals surface area contributed by atoms with E-state index in [-0.39, 0.29) is 18.3 Å². The topological polar surface area (TPSA) is 117 Å². The molecule has 9 heteroatoms. The standard InChI is InChI=1S/C11H15N5O3S/c1-16(2)9(17)6-13-7-4-3-5-8-10(7)11(12)15-20(18,19)14-8/h3-5,13-14H,6H2,1-2H3,(H2,12,15). The number of anilines is 2. The van der Waals surface area contributed by atoms with E-state index in [0.717, 1.165) is 0 Å². The van der Waals surface area contributed by atoms with E-state index in [1.807, 2.05) is 0 Å². The third kappa shape index (κ3) is 2.82. The molecule has 0 radical (unpaired) electrons. The molecule has 1 aromatic rings. The monoisotopic (exact) mass is 297 g/mol. The molecule has 20 heavy (non-hydrogen) atoms. The Balaban J connectivity index is 2.32. The van der Waals surface area contributed by atoms with Crippen LogP contribution in [0, 0.1) is 0 Å². The van der Waals surface area contributed by atoms with Gasteiger partial charge in [-0.25, -0.2) is 0 Å². The Morgan fingerprint density at radius 3 is 2.80 bits per heavy atom. The fraction of sp³-hybridized carbons (Fsp3) is 0.273. The fourth-order valence-corrected chi connectivity index (χ4v) is 2.57. The number of nitrogens with two attached hydrogens (primary N) is 1. The van der Waals surface area contributed by atoms with Crippen LogP contribution in [0.3, 0.4) is 0 Å². The molecule has 0 atom stereocenters. The second-order valence-corrected chi connectivity index (χ2v) is 5.76. The molecule has 1 aliphatic heterocycles. The van der Waals surface area contributed by atoms with E-state index in [9.17, 15) is 13.2 Å². The van der Waals surface area contributed by atoms with Crippen molar-refractivity contribution < 1.29 is 13.2 Å². The Hall–Kier alpha value is -2.29. The van der Waals surface area contributed by atoms with Crippen LogP contribution in [0.25, 0.3) is 0 Å². The van der Waals surface area contributed by atoms with Gasteiger partial charge in [-0.1, -0.05) is 6.07 Å². The summed E-state index contributed by atoms with van der Waals surface area (Å²) >= 11 is 0. The molecule has 0 fully saturated rings. The summed E-state index contributed by atoms with van der Waals surface area (Å²) in [6.45, 7) is 0.0729. The van der Waals surface area contributed by atoms with Gasteiger partial charge in [0.25, 0.3) is 0 Å². The third-order valence-corrected chi connectivity index (χ3v) is 3.62. The van der Waals surface area contributed by atoms with E-state index in [1.165, 1.54) is 4.90 Å². The molecule has 0 bridgehead atoms. The first-order valence-electron chi connectivity index (χ1n) is 5.76. The summed E-state index contributed by atoms with van der Waals surface area (Å²) in [5.41, 5.74) is 7.00. The average molecular weight is 297 g/mol. The van der Waals surface area contributed by atoms with Gasteiger partial charge in [0.15, 0.2) is 0 Å². The predicted molar refractivity (Wildman–Crippen MR) is 76.9 cm³/mol. The van der Waals surface area contributed by atoms with Gasteiger partial charge in [-0.2, -0.15) is 8.42 Å². The normalized spacial score (nSPS) is 15.6. The lowest BCUT2D eigenvalue weighted by atomic mass is 10.1. The Morgan fingerprint density at radius 1 is 1.45 bits per heavy atom. The second-order valence-electron chi connectivity index (χ2n) is 4.42. The van der Waals surface area contributed by atoms with Crippen molar-refractivity contribution >= 4 is 33.3 Å². The predicted octanol–water partition coefficient (Wildman–Crippen LogP) is -0.438. The maximum atomic E-state index is 11.6. The number of hydrogen-bond donors (Lipinski definition) is 3. The van der Waals surface area contributed by atoms with Crippen LogP contribution in [-0.2, 0) is 15.0 Å². The first kappa shape index (κ1) is 14.1. The number of fused-ring (bicyclic) bond motifs is 1. The molecule has 1 aliphatic rings. The van der Waals surface area contributed by atoms with Crippen LogP contribution in [0.4, 0.5) is 11.4 Å². The molecule has 8 nitrogen and oxygen atoms in total. The highest BCUT2D eigenvalue weighted by Crippen LogP contribution is 2.28. The quantitative estimate of drug-likeness (QED) is 0.699. The highest BCUT2D eigenvalue weighted by atomic mass is 32.2. The Bertz CT molecular complexity index is 681. The number of carbonyl (C=O) groups excluding carboxylic acids is 1. The molecule has 4 N–H and O–H groups in total.